The molecule has 0 amide bonds. The Morgan fingerprint density at radius 3 is 2.76 bits per heavy atom. The molecule has 0 radical (unpaired) electrons. The van der Waals surface area contributed by atoms with Crippen molar-refractivity contribution in [2.24, 2.45) is 5.92 Å². The summed E-state index contributed by atoms with van der Waals surface area (Å²) in [6, 6.07) is 5.78. The maximum atomic E-state index is 11.1. The molecule has 4 nitrogen and oxygen atoms in total. The normalized spacial score (nSPS) is 16.3. The van der Waals surface area contributed by atoms with Crippen molar-refractivity contribution in [1.82, 2.24) is 9.55 Å². The van der Waals surface area contributed by atoms with Crippen molar-refractivity contribution in [1.29, 1.82) is 0 Å². The van der Waals surface area contributed by atoms with Crippen molar-refractivity contribution in [3.8, 4) is 0 Å². The van der Waals surface area contributed by atoms with E-state index in [1.54, 1.807) is 12.1 Å². The summed E-state index contributed by atoms with van der Waals surface area (Å²) in [6.45, 7) is 4.34. The summed E-state index contributed by atoms with van der Waals surface area (Å²) in [5.41, 5.74) is 2.19. The fraction of sp³-hybridized carbons (Fsp3) is 0.529. The Labute approximate surface area is 124 Å². The van der Waals surface area contributed by atoms with Gasteiger partial charge in [0, 0.05) is 12.5 Å². The van der Waals surface area contributed by atoms with Crippen LogP contribution in [0.25, 0.3) is 11.0 Å². The van der Waals surface area contributed by atoms with Crippen LogP contribution >= 0.6 is 0 Å². The first-order chi connectivity index (χ1) is 10.1. The second-order valence-corrected chi connectivity index (χ2v) is 6.00. The predicted molar refractivity (Wildman–Crippen MR) is 82.7 cm³/mol. The van der Waals surface area contributed by atoms with Gasteiger partial charge in [0.25, 0.3) is 0 Å². The number of imidazole rings is 1. The largest absolute Gasteiger partial charge is 0.478 e. The number of hydrogen-bond acceptors (Lipinski definition) is 2. The van der Waals surface area contributed by atoms with E-state index in [0.29, 0.717) is 11.6 Å². The van der Waals surface area contributed by atoms with Gasteiger partial charge in [-0.2, -0.15) is 0 Å². The van der Waals surface area contributed by atoms with Gasteiger partial charge in [0.15, 0.2) is 0 Å². The van der Waals surface area contributed by atoms with Crippen LogP contribution in [0.3, 0.4) is 0 Å². The molecule has 0 bridgehead atoms. The van der Waals surface area contributed by atoms with Crippen LogP contribution in [0.5, 0.6) is 0 Å². The summed E-state index contributed by atoms with van der Waals surface area (Å²) in [5, 5.41) is 9.13. The second kappa shape index (κ2) is 5.51. The average Bonchev–Trinajstić information content (AvgIpc) is 3.22. The molecule has 0 aliphatic heterocycles. The Bertz CT molecular complexity index is 671. The number of rotatable bonds is 6. The van der Waals surface area contributed by atoms with Crippen LogP contribution in [0.4, 0.5) is 0 Å². The van der Waals surface area contributed by atoms with E-state index in [2.05, 4.69) is 23.4 Å². The zero-order valence-electron chi connectivity index (χ0n) is 12.7. The molecule has 1 unspecified atom stereocenters. The molecule has 112 valence electrons. The number of benzene rings is 1. The molecule has 1 aliphatic rings. The van der Waals surface area contributed by atoms with Gasteiger partial charge in [-0.05, 0) is 37.0 Å². The number of carboxylic acid groups (broad SMARTS) is 1. The number of carbonyl (C=O) groups is 1. The summed E-state index contributed by atoms with van der Waals surface area (Å²) < 4.78 is 2.35. The van der Waals surface area contributed by atoms with Gasteiger partial charge in [-0.25, -0.2) is 9.78 Å². The van der Waals surface area contributed by atoms with Crippen LogP contribution in [-0.4, -0.2) is 20.6 Å². The van der Waals surface area contributed by atoms with Gasteiger partial charge in [0.1, 0.15) is 5.82 Å². The number of fused-ring (bicyclic) bond motifs is 1. The molecule has 1 N–H and O–H groups in total. The average molecular weight is 286 g/mol. The molecule has 1 saturated carbocycles. The van der Waals surface area contributed by atoms with Crippen LogP contribution < -0.4 is 0 Å². The molecule has 3 rings (SSSR count). The van der Waals surface area contributed by atoms with Gasteiger partial charge in [0.2, 0.25) is 0 Å². The van der Waals surface area contributed by atoms with E-state index in [1.165, 1.54) is 19.3 Å². The van der Waals surface area contributed by atoms with Gasteiger partial charge in [-0.1, -0.05) is 26.7 Å². The molecule has 1 atom stereocenters. The smallest absolute Gasteiger partial charge is 0.335 e. The Morgan fingerprint density at radius 2 is 2.19 bits per heavy atom. The first kappa shape index (κ1) is 14.1. The molecule has 21 heavy (non-hydrogen) atoms. The van der Waals surface area contributed by atoms with Gasteiger partial charge >= 0.3 is 5.97 Å². The third-order valence-electron chi connectivity index (χ3n) is 4.46. The molecule has 2 aromatic rings. The van der Waals surface area contributed by atoms with Crippen molar-refractivity contribution in [3.63, 3.8) is 0 Å². The molecule has 1 heterocycles. The molecule has 0 saturated heterocycles. The molecule has 1 aliphatic carbocycles. The zero-order chi connectivity index (χ0) is 15.0. The summed E-state index contributed by atoms with van der Waals surface area (Å²) >= 11 is 0. The van der Waals surface area contributed by atoms with E-state index in [-0.39, 0.29) is 0 Å². The highest BCUT2D eigenvalue weighted by molar-refractivity contribution is 5.92. The van der Waals surface area contributed by atoms with E-state index >= 15 is 0 Å². The van der Waals surface area contributed by atoms with Gasteiger partial charge < -0.3 is 9.67 Å². The van der Waals surface area contributed by atoms with Crippen LogP contribution in [-0.2, 0) is 6.42 Å². The van der Waals surface area contributed by atoms with E-state index in [9.17, 15) is 4.79 Å². The lowest BCUT2D eigenvalue weighted by molar-refractivity contribution is 0.0697. The number of aromatic nitrogens is 2. The summed E-state index contributed by atoms with van der Waals surface area (Å²) in [7, 11) is 0. The SMILES string of the molecule is CCc1nc2cc(C(=O)O)ccc2n1C(CC)CC1CC1. The fourth-order valence-electron chi connectivity index (χ4n) is 3.13. The Kier molecular flexibility index (Phi) is 3.70. The Morgan fingerprint density at radius 1 is 1.43 bits per heavy atom. The summed E-state index contributed by atoms with van der Waals surface area (Å²) in [4.78, 5) is 15.8. The predicted octanol–water partition coefficient (Wildman–Crippen LogP) is 4.05. The standard InChI is InChI=1S/C17H22N2O2/c1-3-13(9-11-5-6-11)19-15-8-7-12(17(20)21)10-14(15)18-16(19)4-2/h7-8,10-11,13H,3-6,9H2,1-2H3,(H,20,21). The third-order valence-corrected chi connectivity index (χ3v) is 4.46. The van der Waals surface area contributed by atoms with Crippen molar-refractivity contribution >= 4 is 17.0 Å². The Hall–Kier alpha value is -1.84. The van der Waals surface area contributed by atoms with Crippen molar-refractivity contribution in [2.45, 2.75) is 52.0 Å². The highest BCUT2D eigenvalue weighted by Crippen LogP contribution is 2.39. The summed E-state index contributed by atoms with van der Waals surface area (Å²) in [5.74, 6) is 1.05. The van der Waals surface area contributed by atoms with Crippen LogP contribution in [0.15, 0.2) is 18.2 Å². The monoisotopic (exact) mass is 286 g/mol. The van der Waals surface area contributed by atoms with E-state index in [1.807, 2.05) is 6.07 Å². The number of hydrogen-bond donors (Lipinski definition) is 1. The maximum Gasteiger partial charge on any atom is 0.335 e. The first-order valence-corrected chi connectivity index (χ1v) is 7.88. The second-order valence-electron chi connectivity index (χ2n) is 6.00. The van der Waals surface area contributed by atoms with Crippen molar-refractivity contribution < 1.29 is 9.90 Å². The quantitative estimate of drug-likeness (QED) is 0.871. The molecule has 0 spiro atoms. The van der Waals surface area contributed by atoms with Gasteiger partial charge in [-0.15, -0.1) is 0 Å². The van der Waals surface area contributed by atoms with E-state index in [0.717, 1.165) is 35.6 Å². The number of nitrogens with zero attached hydrogens (tertiary/aromatic N) is 2. The fourth-order valence-corrected chi connectivity index (χ4v) is 3.13. The van der Waals surface area contributed by atoms with Crippen LogP contribution in [0.2, 0.25) is 0 Å². The lowest BCUT2D eigenvalue weighted by Gasteiger charge is -2.20. The Balaban J connectivity index is 2.08. The van der Waals surface area contributed by atoms with Gasteiger partial charge in [-0.3, -0.25) is 0 Å². The molecular weight excluding hydrogens is 264 g/mol. The zero-order valence-corrected chi connectivity index (χ0v) is 12.7. The molecule has 4 heteroatoms. The van der Waals surface area contributed by atoms with Crippen LogP contribution in [0.1, 0.15) is 61.8 Å². The van der Waals surface area contributed by atoms with Crippen molar-refractivity contribution in [2.75, 3.05) is 0 Å². The number of aromatic carboxylic acids is 1. The molecule has 1 fully saturated rings. The highest BCUT2D eigenvalue weighted by Gasteiger charge is 2.27. The van der Waals surface area contributed by atoms with Gasteiger partial charge in [0.05, 0.1) is 16.6 Å². The van der Waals surface area contributed by atoms with E-state index in [4.69, 9.17) is 5.11 Å². The molecule has 1 aromatic heterocycles. The first-order valence-electron chi connectivity index (χ1n) is 7.88. The maximum absolute atomic E-state index is 11.1. The lowest BCUT2D eigenvalue weighted by atomic mass is 10.1. The number of carboxylic acids is 1. The molecule has 1 aromatic carbocycles. The topological polar surface area (TPSA) is 55.1 Å². The molecular formula is C17H22N2O2. The number of aryl methyl sites for hydroxylation is 1. The third kappa shape index (κ3) is 2.67. The summed E-state index contributed by atoms with van der Waals surface area (Å²) in [6.07, 6.45) is 5.89. The van der Waals surface area contributed by atoms with E-state index < -0.39 is 5.97 Å². The minimum Gasteiger partial charge on any atom is -0.478 e. The highest BCUT2D eigenvalue weighted by atomic mass is 16.4. The van der Waals surface area contributed by atoms with Crippen molar-refractivity contribution in [3.05, 3.63) is 29.6 Å². The minimum absolute atomic E-state index is 0.310. The lowest BCUT2D eigenvalue weighted by Crippen LogP contribution is -2.12. The minimum atomic E-state index is -0.894. The van der Waals surface area contributed by atoms with Crippen LogP contribution in [0, 0.1) is 5.92 Å².